The first kappa shape index (κ1) is 29.3. The van der Waals surface area contributed by atoms with E-state index in [1.807, 2.05) is 42.1 Å². The Morgan fingerprint density at radius 1 is 1.36 bits per heavy atom. The van der Waals surface area contributed by atoms with Crippen LogP contribution in [-0.4, -0.2) is 77.4 Å². The Balaban J connectivity index is 1.39. The fraction of sp³-hybridized carbons (Fsp3) is 0.320. The van der Waals surface area contributed by atoms with Crippen molar-refractivity contribution < 1.29 is 38.8 Å². The van der Waals surface area contributed by atoms with Gasteiger partial charge in [-0.05, 0) is 19.9 Å². The third kappa shape index (κ3) is 5.28. The monoisotopic (exact) mass is 634 g/mol. The highest BCUT2D eigenvalue weighted by atomic mass is 35.5. The molecule has 5 N–H and O–H groups in total. The Kier molecular flexibility index (Phi) is 8.12. The molecule has 0 spiro atoms. The van der Waals surface area contributed by atoms with Gasteiger partial charge in [0.25, 0.3) is 11.8 Å². The molecule has 5 rings (SSSR count). The van der Waals surface area contributed by atoms with Crippen molar-refractivity contribution in [2.75, 3.05) is 11.5 Å². The topological polar surface area (TPSA) is 193 Å². The van der Waals surface area contributed by atoms with Crippen molar-refractivity contribution in [3.63, 3.8) is 0 Å². The number of anilines is 1. The molecule has 1 saturated heterocycles. The number of oxime groups is 1. The summed E-state index contributed by atoms with van der Waals surface area (Å²) in [4.78, 5) is 60.2. The van der Waals surface area contributed by atoms with Crippen LogP contribution in [0.15, 0.2) is 47.0 Å². The minimum Gasteiger partial charge on any atom is -0.478 e. The standard InChI is InChI=1S/C25H24ClN7O7S2/c1-3-31-8-6-14-13(31)5-4-7-32(14)9-12-10-41-22-17(21(35)33(22)18(12)24(38)39)28-20(34)16(30-40-11(2)23(36)37)15-19(26)42-25(27)29-15/h4-8,11,17,22H,3,9-10H2,1-2H3,(H4-,27,28,29,34,36,37,38,39)/p+1/b30-16-/t11-,17+,22?/m0/s1. The predicted octanol–water partition coefficient (Wildman–Crippen LogP) is 1.27. The third-order valence-electron chi connectivity index (χ3n) is 6.74. The summed E-state index contributed by atoms with van der Waals surface area (Å²) in [5.41, 5.74) is 7.42. The van der Waals surface area contributed by atoms with Crippen molar-refractivity contribution in [2.45, 2.75) is 44.5 Å². The van der Waals surface area contributed by atoms with Crippen LogP contribution in [0, 0.1) is 0 Å². The first-order chi connectivity index (χ1) is 20.0. The van der Waals surface area contributed by atoms with Gasteiger partial charge in [-0.1, -0.05) is 28.1 Å². The van der Waals surface area contributed by atoms with E-state index in [1.54, 1.807) is 0 Å². The molecule has 0 aliphatic carbocycles. The van der Waals surface area contributed by atoms with Gasteiger partial charge in [-0.3, -0.25) is 14.5 Å². The zero-order chi connectivity index (χ0) is 30.3. The predicted molar refractivity (Wildman–Crippen MR) is 154 cm³/mol. The van der Waals surface area contributed by atoms with Gasteiger partial charge in [0.15, 0.2) is 23.6 Å². The van der Waals surface area contributed by atoms with Crippen molar-refractivity contribution in [2.24, 2.45) is 5.16 Å². The van der Waals surface area contributed by atoms with Crippen LogP contribution < -0.4 is 15.6 Å². The number of fused-ring (bicyclic) bond motifs is 2. The second-order valence-corrected chi connectivity index (χ2v) is 12.1. The summed E-state index contributed by atoms with van der Waals surface area (Å²) in [5.74, 6) is -3.83. The molecule has 220 valence electrons. The fourth-order valence-electron chi connectivity index (χ4n) is 4.68. The fourth-order valence-corrected chi connectivity index (χ4v) is 6.95. The van der Waals surface area contributed by atoms with E-state index in [-0.39, 0.29) is 27.4 Å². The molecule has 0 radical (unpaired) electrons. The highest BCUT2D eigenvalue weighted by Crippen LogP contribution is 2.40. The molecule has 2 amide bonds. The van der Waals surface area contributed by atoms with E-state index in [0.717, 1.165) is 28.9 Å². The van der Waals surface area contributed by atoms with E-state index in [2.05, 4.69) is 20.0 Å². The number of aryl methyl sites for hydroxylation is 1. The van der Waals surface area contributed by atoms with Gasteiger partial charge in [0.05, 0.1) is 0 Å². The van der Waals surface area contributed by atoms with Gasteiger partial charge < -0.3 is 30.7 Å². The lowest BCUT2D eigenvalue weighted by Gasteiger charge is -2.49. The lowest BCUT2D eigenvalue weighted by Crippen LogP contribution is -2.71. The molecule has 0 bridgehead atoms. The van der Waals surface area contributed by atoms with E-state index in [9.17, 15) is 24.3 Å². The average molecular weight is 635 g/mol. The number of hydrogen-bond donors (Lipinski definition) is 4. The maximum absolute atomic E-state index is 13.3. The lowest BCUT2D eigenvalue weighted by molar-refractivity contribution is -0.663. The van der Waals surface area contributed by atoms with E-state index in [1.165, 1.54) is 23.6 Å². The van der Waals surface area contributed by atoms with Crippen molar-refractivity contribution in [1.29, 1.82) is 0 Å². The summed E-state index contributed by atoms with van der Waals surface area (Å²) in [6.07, 6.45) is 2.42. The number of amides is 2. The Bertz CT molecular complexity index is 1680. The number of aliphatic carboxylic acids is 2. The van der Waals surface area contributed by atoms with Gasteiger partial charge in [-0.15, -0.1) is 11.8 Å². The van der Waals surface area contributed by atoms with Crippen LogP contribution in [0.2, 0.25) is 4.34 Å². The van der Waals surface area contributed by atoms with Crippen molar-refractivity contribution in [1.82, 2.24) is 19.8 Å². The number of nitrogens with one attached hydrogen (secondary N) is 1. The van der Waals surface area contributed by atoms with E-state index in [0.29, 0.717) is 11.3 Å². The Morgan fingerprint density at radius 2 is 2.12 bits per heavy atom. The summed E-state index contributed by atoms with van der Waals surface area (Å²) in [7, 11) is 0. The van der Waals surface area contributed by atoms with Crippen molar-refractivity contribution >= 4 is 80.3 Å². The van der Waals surface area contributed by atoms with Crippen molar-refractivity contribution in [3.8, 4) is 0 Å². The van der Waals surface area contributed by atoms with Gasteiger partial charge in [-0.25, -0.2) is 14.6 Å². The molecule has 1 unspecified atom stereocenters. The zero-order valence-corrected chi connectivity index (χ0v) is 24.6. The normalized spacial score (nSPS) is 19.4. The summed E-state index contributed by atoms with van der Waals surface area (Å²) in [6, 6.07) is 4.74. The van der Waals surface area contributed by atoms with Crippen LogP contribution in [-0.2, 0) is 37.1 Å². The molecular weight excluding hydrogens is 610 g/mol. The van der Waals surface area contributed by atoms with Crippen molar-refractivity contribution in [3.05, 3.63) is 51.9 Å². The molecule has 3 atom stereocenters. The number of thioether (sulfide) groups is 1. The number of carbonyl (C=O) groups is 4. The van der Waals surface area contributed by atoms with Gasteiger partial charge in [0.1, 0.15) is 32.7 Å². The molecule has 5 heterocycles. The number of β-lactam (4-membered cyclic amide) rings is 1. The number of halogens is 1. The minimum atomic E-state index is -1.40. The zero-order valence-electron chi connectivity index (χ0n) is 22.2. The summed E-state index contributed by atoms with van der Waals surface area (Å²) < 4.78 is 4.02. The molecule has 3 aromatic rings. The average Bonchev–Trinajstić information content (AvgIpc) is 3.53. The number of nitrogens with zero attached hydrogens (tertiary/aromatic N) is 5. The first-order valence-electron chi connectivity index (χ1n) is 12.6. The maximum Gasteiger partial charge on any atom is 0.352 e. The SMILES string of the molecule is CCn1ccc2c1ccc[n+]2CC1=C(C(=O)O)N2C(=O)[C@@H](NC(=O)/C(=N\O[C@@H](C)C(=O)O)c3nc(N)sc3Cl)C2SC1. The Morgan fingerprint density at radius 3 is 2.76 bits per heavy atom. The minimum absolute atomic E-state index is 0.00381. The number of carbonyl (C=O) groups excluding carboxylic acids is 2. The number of pyridine rings is 1. The number of carboxylic acids is 2. The molecule has 14 nitrogen and oxygen atoms in total. The molecule has 17 heteroatoms. The highest BCUT2D eigenvalue weighted by Gasteiger charge is 2.55. The van der Waals surface area contributed by atoms with Crippen LogP contribution >= 0.6 is 34.7 Å². The molecule has 0 aromatic carbocycles. The molecule has 1 fully saturated rings. The summed E-state index contributed by atoms with van der Waals surface area (Å²) in [6.45, 7) is 4.28. The second kappa shape index (κ2) is 11.6. The molecule has 2 aliphatic heterocycles. The third-order valence-corrected chi connectivity index (χ3v) is 9.17. The smallest absolute Gasteiger partial charge is 0.352 e. The largest absolute Gasteiger partial charge is 0.478 e. The van der Waals surface area contributed by atoms with Gasteiger partial charge in [0.2, 0.25) is 11.6 Å². The number of nitrogens with two attached hydrogens (primary N) is 1. The summed E-state index contributed by atoms with van der Waals surface area (Å²) >= 11 is 8.33. The number of thiazole rings is 1. The molecule has 3 aromatic heterocycles. The van der Waals surface area contributed by atoms with Crippen LogP contribution in [0.1, 0.15) is 19.5 Å². The van der Waals surface area contributed by atoms with Crippen LogP contribution in [0.5, 0.6) is 0 Å². The van der Waals surface area contributed by atoms with Crippen LogP contribution in [0.25, 0.3) is 11.0 Å². The highest BCUT2D eigenvalue weighted by molar-refractivity contribution is 8.00. The van der Waals surface area contributed by atoms with E-state index >= 15 is 0 Å². The van der Waals surface area contributed by atoms with Gasteiger partial charge >= 0.3 is 11.9 Å². The number of hydrogen-bond acceptors (Lipinski definition) is 10. The quantitative estimate of drug-likeness (QED) is 0.109. The maximum atomic E-state index is 13.3. The number of nitrogen functional groups attached to an aromatic ring is 1. The molecule has 42 heavy (non-hydrogen) atoms. The van der Waals surface area contributed by atoms with Crippen LogP contribution in [0.4, 0.5) is 5.13 Å². The number of carboxylic acid groups (broad SMARTS) is 2. The number of aromatic nitrogens is 3. The molecule has 2 aliphatic rings. The molecular formula is C25H25ClN7O7S2+. The van der Waals surface area contributed by atoms with E-state index < -0.39 is 47.0 Å². The summed E-state index contributed by atoms with van der Waals surface area (Å²) in [5, 5.41) is 24.7. The van der Waals surface area contributed by atoms with Gasteiger partial charge in [-0.2, -0.15) is 4.57 Å². The number of rotatable bonds is 10. The van der Waals surface area contributed by atoms with Gasteiger partial charge in [0, 0.05) is 36.2 Å². The Hall–Kier alpha value is -4.15. The second-order valence-electron chi connectivity index (χ2n) is 9.33. The molecule has 0 saturated carbocycles. The first-order valence-corrected chi connectivity index (χ1v) is 14.8. The lowest BCUT2D eigenvalue weighted by atomic mass is 10.0. The van der Waals surface area contributed by atoms with E-state index in [4.69, 9.17) is 27.3 Å². The Labute approximate surface area is 251 Å². The van der Waals surface area contributed by atoms with Crippen LogP contribution in [0.3, 0.4) is 0 Å².